The molecule has 3 fully saturated rings. The van der Waals surface area contributed by atoms with Gasteiger partial charge in [-0.15, -0.1) is 0 Å². The minimum Gasteiger partial charge on any atom is -0.390 e. The number of anilines is 1. The van der Waals surface area contributed by atoms with Crippen LogP contribution in [0.5, 0.6) is 0 Å². The first-order valence-corrected chi connectivity index (χ1v) is 8.31. The lowest BCUT2D eigenvalue weighted by Gasteiger charge is -2.31. The number of hydrogen-bond donors (Lipinski definition) is 1. The molecule has 142 valence electrons. The average Bonchev–Trinajstić information content (AvgIpc) is 3.07. The van der Waals surface area contributed by atoms with Gasteiger partial charge in [-0.3, -0.25) is 9.59 Å². The Morgan fingerprint density at radius 1 is 1.26 bits per heavy atom. The molecule has 9 heteroatoms. The number of halogens is 3. The summed E-state index contributed by atoms with van der Waals surface area (Å²) < 4.78 is 45.6. The van der Waals surface area contributed by atoms with E-state index in [4.69, 9.17) is 10.00 Å². The summed E-state index contributed by atoms with van der Waals surface area (Å²) in [7, 11) is 0. The number of aliphatic hydroxyl groups is 1. The van der Waals surface area contributed by atoms with Gasteiger partial charge < -0.3 is 9.84 Å². The Morgan fingerprint density at radius 3 is 2.48 bits per heavy atom. The standard InChI is InChI=1S/C18H15F3N2O4/c1-16-6-11(24)17(2,27-16)13-12(16)14(25)23(15(13)26)9-4-3-8(7-22)10(5-9)18(19,20)21/h3-5,11-13,24H,6H2,1-2H3/t11?,12-,13-,16?,17+/m1/s1. The van der Waals surface area contributed by atoms with Crippen molar-refractivity contribution in [3.05, 3.63) is 29.3 Å². The minimum atomic E-state index is -4.81. The van der Waals surface area contributed by atoms with Crippen molar-refractivity contribution in [1.29, 1.82) is 5.26 Å². The first-order chi connectivity index (χ1) is 12.4. The molecule has 2 bridgehead atoms. The lowest BCUT2D eigenvalue weighted by atomic mass is 9.67. The molecule has 0 saturated carbocycles. The van der Waals surface area contributed by atoms with Crippen LogP contribution < -0.4 is 4.90 Å². The Bertz CT molecular complexity index is 924. The van der Waals surface area contributed by atoms with E-state index in [2.05, 4.69) is 0 Å². The second-order valence-electron chi connectivity index (χ2n) is 7.63. The molecular weight excluding hydrogens is 365 g/mol. The van der Waals surface area contributed by atoms with E-state index in [1.807, 2.05) is 0 Å². The van der Waals surface area contributed by atoms with E-state index in [0.29, 0.717) is 6.07 Å². The predicted molar refractivity (Wildman–Crippen MR) is 84.2 cm³/mol. The largest absolute Gasteiger partial charge is 0.417 e. The monoisotopic (exact) mass is 380 g/mol. The highest BCUT2D eigenvalue weighted by Crippen LogP contribution is 2.61. The summed E-state index contributed by atoms with van der Waals surface area (Å²) in [5.41, 5.74) is -4.37. The summed E-state index contributed by atoms with van der Waals surface area (Å²) in [5, 5.41) is 19.2. The topological polar surface area (TPSA) is 90.6 Å². The third kappa shape index (κ3) is 2.14. The molecular formula is C18H15F3N2O4. The molecule has 2 unspecified atom stereocenters. The number of benzene rings is 1. The van der Waals surface area contributed by atoms with E-state index in [-0.39, 0.29) is 12.1 Å². The second kappa shape index (κ2) is 5.09. The molecule has 1 aromatic rings. The number of fused-ring (bicyclic) bond motifs is 5. The van der Waals surface area contributed by atoms with Crippen LogP contribution in [0.1, 0.15) is 31.4 Å². The molecule has 5 atom stereocenters. The molecule has 0 spiro atoms. The number of rotatable bonds is 1. The minimum absolute atomic E-state index is 0.165. The number of ether oxygens (including phenoxy) is 1. The van der Waals surface area contributed by atoms with Crippen LogP contribution in [0.3, 0.4) is 0 Å². The molecule has 3 aliphatic rings. The molecule has 3 aliphatic heterocycles. The van der Waals surface area contributed by atoms with Gasteiger partial charge in [-0.05, 0) is 32.0 Å². The van der Waals surface area contributed by atoms with E-state index in [1.54, 1.807) is 13.8 Å². The average molecular weight is 380 g/mol. The van der Waals surface area contributed by atoms with Crippen LogP contribution in [-0.2, 0) is 20.5 Å². The van der Waals surface area contributed by atoms with Crippen LogP contribution in [0.25, 0.3) is 0 Å². The van der Waals surface area contributed by atoms with Crippen LogP contribution in [0.4, 0.5) is 18.9 Å². The van der Waals surface area contributed by atoms with Crippen molar-refractivity contribution >= 4 is 17.5 Å². The third-order valence-corrected chi connectivity index (χ3v) is 5.98. The highest BCUT2D eigenvalue weighted by molar-refractivity contribution is 6.23. The van der Waals surface area contributed by atoms with Crippen molar-refractivity contribution in [2.75, 3.05) is 4.90 Å². The lowest BCUT2D eigenvalue weighted by Crippen LogP contribution is -2.49. The third-order valence-electron chi connectivity index (χ3n) is 5.98. The number of nitriles is 1. The Labute approximate surface area is 152 Å². The van der Waals surface area contributed by atoms with E-state index in [9.17, 15) is 27.9 Å². The van der Waals surface area contributed by atoms with Gasteiger partial charge >= 0.3 is 6.18 Å². The molecule has 1 N–H and O–H groups in total. The molecule has 3 heterocycles. The maximum atomic E-state index is 13.2. The van der Waals surface area contributed by atoms with Crippen molar-refractivity contribution in [1.82, 2.24) is 0 Å². The Balaban J connectivity index is 1.81. The Kier molecular flexibility index (Phi) is 3.38. The fourth-order valence-corrected chi connectivity index (χ4v) is 4.78. The van der Waals surface area contributed by atoms with Crippen LogP contribution in [-0.4, -0.2) is 34.2 Å². The number of aliphatic hydroxyl groups excluding tert-OH is 1. The van der Waals surface area contributed by atoms with Crippen molar-refractivity contribution in [3.8, 4) is 6.07 Å². The van der Waals surface area contributed by atoms with E-state index in [1.165, 1.54) is 6.07 Å². The van der Waals surface area contributed by atoms with Crippen LogP contribution >= 0.6 is 0 Å². The van der Waals surface area contributed by atoms with Gasteiger partial charge in [-0.25, -0.2) is 4.90 Å². The zero-order valence-electron chi connectivity index (χ0n) is 14.4. The van der Waals surface area contributed by atoms with Crippen molar-refractivity contribution in [3.63, 3.8) is 0 Å². The van der Waals surface area contributed by atoms with Crippen molar-refractivity contribution in [2.45, 2.75) is 43.8 Å². The molecule has 2 amide bonds. The summed E-state index contributed by atoms with van der Waals surface area (Å²) in [6.45, 7) is 3.17. The summed E-state index contributed by atoms with van der Waals surface area (Å²) >= 11 is 0. The molecule has 6 nitrogen and oxygen atoms in total. The number of carbonyl (C=O) groups is 2. The molecule has 4 rings (SSSR count). The lowest BCUT2D eigenvalue weighted by molar-refractivity contribution is -0.138. The van der Waals surface area contributed by atoms with Crippen LogP contribution in [0.2, 0.25) is 0 Å². The smallest absolute Gasteiger partial charge is 0.390 e. The van der Waals surface area contributed by atoms with Crippen LogP contribution in [0.15, 0.2) is 18.2 Å². The Hall–Kier alpha value is -2.44. The summed E-state index contributed by atoms with van der Waals surface area (Å²) in [6, 6.07) is 4.19. The zero-order valence-corrected chi connectivity index (χ0v) is 14.4. The number of alkyl halides is 3. The maximum Gasteiger partial charge on any atom is 0.417 e. The number of hydrogen-bond acceptors (Lipinski definition) is 5. The second-order valence-corrected chi connectivity index (χ2v) is 7.63. The fourth-order valence-electron chi connectivity index (χ4n) is 4.78. The number of nitrogens with zero attached hydrogens (tertiary/aromatic N) is 2. The van der Waals surface area contributed by atoms with E-state index >= 15 is 0 Å². The summed E-state index contributed by atoms with van der Waals surface area (Å²) in [4.78, 5) is 26.6. The van der Waals surface area contributed by atoms with Gasteiger partial charge in [-0.1, -0.05) is 0 Å². The molecule has 1 aromatic carbocycles. The van der Waals surface area contributed by atoms with Gasteiger partial charge in [0.05, 0.1) is 46.4 Å². The van der Waals surface area contributed by atoms with Gasteiger partial charge in [-0.2, -0.15) is 18.4 Å². The van der Waals surface area contributed by atoms with Gasteiger partial charge in [0, 0.05) is 6.42 Å². The predicted octanol–water partition coefficient (Wildman–Crippen LogP) is 1.99. The SMILES string of the molecule is CC12CC(O)[C@](C)(O1)[C@H]1C(=O)N(c3ccc(C#N)c(C(F)(F)F)c3)C(=O)[C@@H]12. The van der Waals surface area contributed by atoms with Gasteiger partial charge in [0.1, 0.15) is 5.60 Å². The Morgan fingerprint density at radius 2 is 1.89 bits per heavy atom. The molecule has 0 aliphatic carbocycles. The highest BCUT2D eigenvalue weighted by atomic mass is 19.4. The van der Waals surface area contributed by atoms with Crippen LogP contribution in [0, 0.1) is 23.2 Å². The van der Waals surface area contributed by atoms with E-state index < -0.39 is 58.3 Å². The highest BCUT2D eigenvalue weighted by Gasteiger charge is 2.75. The first kappa shape index (κ1) is 17.9. The molecule has 27 heavy (non-hydrogen) atoms. The number of amides is 2. The number of carbonyl (C=O) groups excluding carboxylic acids is 2. The quantitative estimate of drug-likeness (QED) is 0.753. The van der Waals surface area contributed by atoms with E-state index in [0.717, 1.165) is 17.0 Å². The maximum absolute atomic E-state index is 13.2. The summed E-state index contributed by atoms with van der Waals surface area (Å²) in [5.74, 6) is -3.19. The van der Waals surface area contributed by atoms with Gasteiger partial charge in [0.25, 0.3) is 0 Å². The zero-order chi connectivity index (χ0) is 19.9. The van der Waals surface area contributed by atoms with Gasteiger partial charge in [0.2, 0.25) is 11.8 Å². The fraction of sp³-hybridized carbons (Fsp3) is 0.500. The normalized spacial score (nSPS) is 37.7. The van der Waals surface area contributed by atoms with Crippen molar-refractivity contribution < 1.29 is 32.6 Å². The first-order valence-electron chi connectivity index (χ1n) is 8.31. The van der Waals surface area contributed by atoms with Gasteiger partial charge in [0.15, 0.2) is 0 Å². The molecule has 3 saturated heterocycles. The van der Waals surface area contributed by atoms with Crippen molar-refractivity contribution in [2.24, 2.45) is 11.8 Å². The molecule has 0 radical (unpaired) electrons. The molecule has 0 aromatic heterocycles. The number of imide groups is 1. The summed E-state index contributed by atoms with van der Waals surface area (Å²) in [6.07, 6.45) is -5.59.